The van der Waals surface area contributed by atoms with Crippen molar-refractivity contribution < 1.29 is 17.9 Å². The van der Waals surface area contributed by atoms with E-state index in [0.717, 1.165) is 53.9 Å². The minimum absolute atomic E-state index is 0.129. The first-order valence-corrected chi connectivity index (χ1v) is 17.6. The summed E-state index contributed by atoms with van der Waals surface area (Å²) in [6.07, 6.45) is 3.40. The van der Waals surface area contributed by atoms with Crippen LogP contribution in [0.3, 0.4) is 0 Å². The number of fused-ring (bicyclic) bond motifs is 1. The van der Waals surface area contributed by atoms with Gasteiger partial charge in [-0.25, -0.2) is 14.3 Å². The van der Waals surface area contributed by atoms with E-state index in [9.17, 15) is 13.2 Å². The zero-order chi connectivity index (χ0) is 33.0. The van der Waals surface area contributed by atoms with Crippen molar-refractivity contribution >= 4 is 33.1 Å². The molecule has 3 aromatic carbocycles. The van der Waals surface area contributed by atoms with Crippen molar-refractivity contribution in [1.29, 1.82) is 0 Å². The summed E-state index contributed by atoms with van der Waals surface area (Å²) in [5.74, 6) is 5.40. The number of nitrogen functional groups attached to an aromatic ring is 1. The molecule has 4 N–H and O–H groups in total. The van der Waals surface area contributed by atoms with Crippen LogP contribution in [-0.2, 0) is 26.1 Å². The molecule has 1 atom stereocenters. The third-order valence-corrected chi connectivity index (χ3v) is 11.3. The van der Waals surface area contributed by atoms with Gasteiger partial charge in [-0.05, 0) is 92.2 Å². The summed E-state index contributed by atoms with van der Waals surface area (Å²) >= 11 is 0. The molecule has 3 aromatic rings. The molecule has 0 aliphatic carbocycles. The van der Waals surface area contributed by atoms with E-state index < -0.39 is 10.0 Å². The van der Waals surface area contributed by atoms with E-state index in [1.807, 2.05) is 68.3 Å². The SMILES string of the molecule is Cc1ccc(C(CC(=O)OCCCN2CCCC2)c2ccc(N(C)N)c(N)c2C)cc1CN1CCN(C)c2ccccc2S1(=O)=O. The van der Waals surface area contributed by atoms with Gasteiger partial charge in [0.2, 0.25) is 10.0 Å². The smallest absolute Gasteiger partial charge is 0.306 e. The Balaban J connectivity index is 1.43. The van der Waals surface area contributed by atoms with E-state index in [2.05, 4.69) is 4.90 Å². The maximum absolute atomic E-state index is 13.9. The topological polar surface area (TPSA) is 125 Å². The maximum atomic E-state index is 13.9. The fourth-order valence-electron chi connectivity index (χ4n) is 6.59. The zero-order valence-corrected chi connectivity index (χ0v) is 28.4. The Kier molecular flexibility index (Phi) is 10.6. The molecule has 1 saturated heterocycles. The summed E-state index contributed by atoms with van der Waals surface area (Å²) in [6, 6.07) is 17.0. The van der Waals surface area contributed by atoms with E-state index in [1.54, 1.807) is 23.5 Å². The fourth-order valence-corrected chi connectivity index (χ4v) is 8.24. The van der Waals surface area contributed by atoms with E-state index in [0.29, 0.717) is 41.7 Å². The van der Waals surface area contributed by atoms with Crippen molar-refractivity contribution in [2.45, 2.75) is 56.9 Å². The molecule has 0 saturated carbocycles. The monoisotopic (exact) mass is 648 g/mol. The van der Waals surface area contributed by atoms with E-state index in [4.69, 9.17) is 16.3 Å². The van der Waals surface area contributed by atoms with E-state index in [1.165, 1.54) is 17.9 Å². The van der Waals surface area contributed by atoms with Crippen LogP contribution in [0.5, 0.6) is 0 Å². The molecule has 2 aliphatic rings. The van der Waals surface area contributed by atoms with Crippen LogP contribution < -0.4 is 21.5 Å². The minimum Gasteiger partial charge on any atom is -0.466 e. The van der Waals surface area contributed by atoms with Gasteiger partial charge >= 0.3 is 5.97 Å². The molecule has 0 bridgehead atoms. The maximum Gasteiger partial charge on any atom is 0.306 e. The van der Waals surface area contributed by atoms with Gasteiger partial charge in [-0.3, -0.25) is 4.79 Å². The fraction of sp³-hybridized carbons (Fsp3) is 0.457. The van der Waals surface area contributed by atoms with Crippen LogP contribution in [0.1, 0.15) is 59.4 Å². The van der Waals surface area contributed by atoms with E-state index in [-0.39, 0.29) is 24.9 Å². The molecule has 1 fully saturated rings. The van der Waals surface area contributed by atoms with Crippen molar-refractivity contribution in [3.05, 3.63) is 82.4 Å². The number of aryl methyl sites for hydroxylation is 1. The molecule has 0 amide bonds. The molecule has 10 nitrogen and oxygen atoms in total. The van der Waals surface area contributed by atoms with Crippen LogP contribution in [0.2, 0.25) is 0 Å². The van der Waals surface area contributed by atoms with Crippen molar-refractivity contribution in [3.8, 4) is 0 Å². The van der Waals surface area contributed by atoms with Gasteiger partial charge in [-0.15, -0.1) is 0 Å². The summed E-state index contributed by atoms with van der Waals surface area (Å²) in [4.78, 5) is 18.0. The summed E-state index contributed by atoms with van der Waals surface area (Å²) in [5, 5.41) is 1.48. The molecule has 0 radical (unpaired) electrons. The largest absolute Gasteiger partial charge is 0.466 e. The van der Waals surface area contributed by atoms with Crippen LogP contribution in [0.4, 0.5) is 17.1 Å². The van der Waals surface area contributed by atoms with Crippen LogP contribution in [0, 0.1) is 13.8 Å². The first kappa shape index (κ1) is 33.7. The number of esters is 1. The molecule has 46 heavy (non-hydrogen) atoms. The average Bonchev–Trinajstić information content (AvgIpc) is 3.53. The number of hydrazine groups is 1. The molecule has 1 unspecified atom stereocenters. The second kappa shape index (κ2) is 14.4. The molecular weight excluding hydrogens is 600 g/mol. The third-order valence-electron chi connectivity index (χ3n) is 9.44. The number of para-hydroxylation sites is 1. The highest BCUT2D eigenvalue weighted by Gasteiger charge is 2.32. The van der Waals surface area contributed by atoms with Gasteiger partial charge < -0.3 is 25.3 Å². The van der Waals surface area contributed by atoms with Gasteiger partial charge in [-0.2, -0.15) is 4.31 Å². The third kappa shape index (κ3) is 7.33. The van der Waals surface area contributed by atoms with Gasteiger partial charge in [0.15, 0.2) is 0 Å². The summed E-state index contributed by atoms with van der Waals surface area (Å²) in [5.41, 5.74) is 13.0. The Bertz CT molecular complexity index is 1650. The number of likely N-dealkylation sites (N-methyl/N-ethyl adjacent to an activating group) is 1. The Morgan fingerprint density at radius 2 is 1.76 bits per heavy atom. The molecule has 248 valence electrons. The Labute approximate surface area is 273 Å². The second-order valence-electron chi connectivity index (χ2n) is 12.6. The Morgan fingerprint density at radius 3 is 2.50 bits per heavy atom. The number of anilines is 3. The quantitative estimate of drug-likeness (QED) is 0.102. The van der Waals surface area contributed by atoms with Crippen molar-refractivity contribution in [1.82, 2.24) is 9.21 Å². The molecule has 5 rings (SSSR count). The number of hydrogen-bond donors (Lipinski definition) is 2. The molecule has 0 spiro atoms. The molecular formula is C35H48N6O4S. The van der Waals surface area contributed by atoms with Crippen molar-refractivity contribution in [2.24, 2.45) is 5.84 Å². The summed E-state index contributed by atoms with van der Waals surface area (Å²) < 4.78 is 35.0. The van der Waals surface area contributed by atoms with E-state index >= 15 is 0 Å². The van der Waals surface area contributed by atoms with Crippen LogP contribution in [0.25, 0.3) is 0 Å². The van der Waals surface area contributed by atoms with Crippen LogP contribution in [0.15, 0.2) is 59.5 Å². The van der Waals surface area contributed by atoms with Gasteiger partial charge in [0, 0.05) is 46.2 Å². The number of hydrogen-bond acceptors (Lipinski definition) is 9. The number of sulfonamides is 1. The Hall–Kier alpha value is -3.64. The predicted molar refractivity (Wildman–Crippen MR) is 184 cm³/mol. The van der Waals surface area contributed by atoms with Gasteiger partial charge in [0.1, 0.15) is 4.90 Å². The van der Waals surface area contributed by atoms with Gasteiger partial charge in [0.05, 0.1) is 30.1 Å². The molecule has 0 aromatic heterocycles. The number of likely N-dealkylation sites (tertiary alicyclic amines) is 1. The lowest BCUT2D eigenvalue weighted by Gasteiger charge is -2.25. The first-order chi connectivity index (χ1) is 22.0. The van der Waals surface area contributed by atoms with Crippen LogP contribution >= 0.6 is 0 Å². The molecule has 2 heterocycles. The lowest BCUT2D eigenvalue weighted by atomic mass is 9.84. The summed E-state index contributed by atoms with van der Waals surface area (Å²) in [6.45, 7) is 8.61. The first-order valence-electron chi connectivity index (χ1n) is 16.1. The molecule has 11 heteroatoms. The normalized spacial score (nSPS) is 17.4. The second-order valence-corrected chi connectivity index (χ2v) is 14.5. The van der Waals surface area contributed by atoms with Gasteiger partial charge in [0.25, 0.3) is 0 Å². The number of carbonyl (C=O) groups is 1. The highest BCUT2D eigenvalue weighted by Crippen LogP contribution is 2.38. The number of rotatable bonds is 11. The molecule has 2 aliphatic heterocycles. The lowest BCUT2D eigenvalue weighted by Crippen LogP contribution is -2.33. The number of carbonyl (C=O) groups excluding carboxylic acids is 1. The number of ether oxygens (including phenoxy) is 1. The number of benzene rings is 3. The van der Waals surface area contributed by atoms with Crippen molar-refractivity contribution in [2.75, 3.05) is 69.1 Å². The van der Waals surface area contributed by atoms with Crippen LogP contribution in [-0.4, -0.2) is 77.0 Å². The summed E-state index contributed by atoms with van der Waals surface area (Å²) in [7, 11) is -0.0794. The van der Waals surface area contributed by atoms with Gasteiger partial charge in [-0.1, -0.05) is 36.4 Å². The minimum atomic E-state index is -3.73. The average molecular weight is 649 g/mol. The van der Waals surface area contributed by atoms with Crippen molar-refractivity contribution in [3.63, 3.8) is 0 Å². The zero-order valence-electron chi connectivity index (χ0n) is 27.5. The number of nitrogens with zero attached hydrogens (tertiary/aromatic N) is 4. The lowest BCUT2D eigenvalue weighted by molar-refractivity contribution is -0.144. The highest BCUT2D eigenvalue weighted by molar-refractivity contribution is 7.89. The number of nitrogens with two attached hydrogens (primary N) is 2. The predicted octanol–water partition coefficient (Wildman–Crippen LogP) is 4.39. The standard InChI is InChI=1S/C35H48N6O4S/c1-25-12-13-27(22-28(25)24-41-20-19-38(3)31-10-5-6-11-33(31)46(41,43)44)30(29-14-15-32(39(4)37)35(36)26(29)2)23-34(42)45-21-9-18-40-16-7-8-17-40/h5-6,10-15,22,30H,7-9,16-21,23-24,36-37H2,1-4H3. The Morgan fingerprint density at radius 1 is 1.02 bits per heavy atom. The highest BCUT2D eigenvalue weighted by atomic mass is 32.2.